The Labute approximate surface area is 130 Å². The smallest absolute Gasteiger partial charge is 0.330 e. The fourth-order valence-electron chi connectivity index (χ4n) is 1.72. The summed E-state index contributed by atoms with van der Waals surface area (Å²) < 4.78 is 9.97. The molecule has 0 fully saturated rings. The number of hydrogen-bond acceptors (Lipinski definition) is 5. The first-order valence-corrected chi connectivity index (χ1v) is 7.24. The number of ether oxygens (including phenoxy) is 2. The molecule has 0 aliphatic carbocycles. The van der Waals surface area contributed by atoms with Gasteiger partial charge >= 0.3 is 17.9 Å². The van der Waals surface area contributed by atoms with E-state index in [9.17, 15) is 19.5 Å². The van der Waals surface area contributed by atoms with E-state index >= 15 is 0 Å². The zero-order valence-electron chi connectivity index (χ0n) is 13.3. The Balaban J connectivity index is 5.02. The number of esters is 2. The van der Waals surface area contributed by atoms with Crippen molar-refractivity contribution in [3.05, 3.63) is 24.3 Å². The number of unbranched alkanes of at least 4 members (excludes halogenated alkanes) is 1. The van der Waals surface area contributed by atoms with Crippen LogP contribution in [-0.2, 0) is 23.9 Å². The van der Waals surface area contributed by atoms with Gasteiger partial charge in [-0.2, -0.15) is 0 Å². The lowest BCUT2D eigenvalue weighted by atomic mass is 9.84. The summed E-state index contributed by atoms with van der Waals surface area (Å²) in [6.45, 7) is 4.55. The second-order valence-corrected chi connectivity index (χ2v) is 4.90. The van der Waals surface area contributed by atoms with Crippen LogP contribution >= 0.6 is 0 Å². The topological polar surface area (TPSA) is 89.9 Å². The van der Waals surface area contributed by atoms with Crippen LogP contribution in [0, 0.1) is 5.41 Å². The van der Waals surface area contributed by atoms with Crippen molar-refractivity contribution in [2.45, 2.75) is 40.0 Å². The van der Waals surface area contributed by atoms with Crippen LogP contribution in [0.2, 0.25) is 0 Å². The number of aliphatic carboxylic acids is 1. The number of allylic oxidation sites excluding steroid dienone is 2. The molecule has 0 spiro atoms. The minimum Gasteiger partial charge on any atom is -0.481 e. The Kier molecular flexibility index (Phi) is 9.58. The number of rotatable bonds is 10. The molecule has 0 aliphatic heterocycles. The number of carboxylic acid groups (broad SMARTS) is 1. The number of carbonyl (C=O) groups excluding carboxylic acids is 2. The van der Waals surface area contributed by atoms with E-state index in [0.29, 0.717) is 6.42 Å². The minimum absolute atomic E-state index is 0.255. The van der Waals surface area contributed by atoms with E-state index in [4.69, 9.17) is 9.47 Å². The molecule has 0 saturated heterocycles. The van der Waals surface area contributed by atoms with E-state index in [1.807, 2.05) is 6.92 Å². The molecule has 0 aromatic carbocycles. The second-order valence-electron chi connectivity index (χ2n) is 4.90. The molecule has 22 heavy (non-hydrogen) atoms. The maximum Gasteiger partial charge on any atom is 0.330 e. The third-order valence-corrected chi connectivity index (χ3v) is 3.05. The highest BCUT2D eigenvalue weighted by molar-refractivity contribution is 5.83. The number of carboxylic acids is 1. The molecule has 0 aromatic rings. The van der Waals surface area contributed by atoms with Crippen molar-refractivity contribution in [1.82, 2.24) is 0 Å². The Bertz CT molecular complexity index is 408. The number of hydrogen-bond donors (Lipinski definition) is 1. The lowest BCUT2D eigenvalue weighted by Gasteiger charge is -2.28. The highest BCUT2D eigenvalue weighted by Crippen LogP contribution is 2.27. The predicted molar refractivity (Wildman–Crippen MR) is 81.1 cm³/mol. The highest BCUT2D eigenvalue weighted by atomic mass is 16.5. The molecule has 0 heterocycles. The standard InChI is InChI=1S/C16H24O6/c1-4-7-10-16(15(19)20,11-21-13(17)8-5-2)12-22-14(18)9-6-3/h5-6,8-9H,4,7,10-12H2,1-3H3,(H,19,20). The predicted octanol–water partition coefficient (Wildman–Crippen LogP) is 2.49. The van der Waals surface area contributed by atoms with Gasteiger partial charge in [0.05, 0.1) is 0 Å². The van der Waals surface area contributed by atoms with Crippen LogP contribution in [0.3, 0.4) is 0 Å². The van der Waals surface area contributed by atoms with Gasteiger partial charge in [0.15, 0.2) is 0 Å². The molecule has 0 amide bonds. The fourth-order valence-corrected chi connectivity index (χ4v) is 1.72. The molecule has 0 rings (SSSR count). The number of carbonyl (C=O) groups is 3. The highest BCUT2D eigenvalue weighted by Gasteiger charge is 2.41. The molecular formula is C16H24O6. The Morgan fingerprint density at radius 1 is 1.00 bits per heavy atom. The summed E-state index contributed by atoms with van der Waals surface area (Å²) in [6.07, 6.45) is 7.07. The van der Waals surface area contributed by atoms with Gasteiger partial charge in [-0.25, -0.2) is 9.59 Å². The summed E-state index contributed by atoms with van der Waals surface area (Å²) in [4.78, 5) is 34.5. The largest absolute Gasteiger partial charge is 0.481 e. The Hall–Kier alpha value is -2.11. The van der Waals surface area contributed by atoms with Crippen molar-refractivity contribution >= 4 is 17.9 Å². The first-order chi connectivity index (χ1) is 10.4. The van der Waals surface area contributed by atoms with E-state index in [0.717, 1.165) is 6.42 Å². The van der Waals surface area contributed by atoms with E-state index in [2.05, 4.69) is 0 Å². The maximum atomic E-state index is 11.6. The molecule has 0 unspecified atom stereocenters. The molecule has 6 heteroatoms. The van der Waals surface area contributed by atoms with Crippen molar-refractivity contribution in [3.63, 3.8) is 0 Å². The van der Waals surface area contributed by atoms with Gasteiger partial charge in [0, 0.05) is 12.2 Å². The van der Waals surface area contributed by atoms with Crippen LogP contribution in [0.5, 0.6) is 0 Å². The van der Waals surface area contributed by atoms with Crippen molar-refractivity contribution in [1.29, 1.82) is 0 Å². The third kappa shape index (κ3) is 7.06. The summed E-state index contributed by atoms with van der Waals surface area (Å²) in [6, 6.07) is 0. The average Bonchev–Trinajstić information content (AvgIpc) is 2.47. The SMILES string of the molecule is CC=CC(=O)OCC(CCCC)(COC(=O)C=CC)C(=O)O. The molecule has 1 N–H and O–H groups in total. The molecule has 0 aromatic heterocycles. The van der Waals surface area contributed by atoms with Crippen molar-refractivity contribution < 1.29 is 29.0 Å². The van der Waals surface area contributed by atoms with E-state index in [1.165, 1.54) is 24.3 Å². The van der Waals surface area contributed by atoms with Gasteiger partial charge in [-0.05, 0) is 20.3 Å². The van der Waals surface area contributed by atoms with Gasteiger partial charge in [-0.15, -0.1) is 0 Å². The van der Waals surface area contributed by atoms with Gasteiger partial charge < -0.3 is 14.6 Å². The van der Waals surface area contributed by atoms with Gasteiger partial charge in [-0.1, -0.05) is 31.9 Å². The maximum absolute atomic E-state index is 11.6. The molecular weight excluding hydrogens is 288 g/mol. The molecule has 124 valence electrons. The van der Waals surface area contributed by atoms with Crippen molar-refractivity contribution in [2.75, 3.05) is 13.2 Å². The van der Waals surface area contributed by atoms with Crippen LogP contribution in [0.15, 0.2) is 24.3 Å². The molecule has 0 saturated carbocycles. The van der Waals surface area contributed by atoms with E-state index < -0.39 is 23.3 Å². The molecule has 6 nitrogen and oxygen atoms in total. The van der Waals surface area contributed by atoms with E-state index in [1.54, 1.807) is 13.8 Å². The first kappa shape index (κ1) is 19.9. The van der Waals surface area contributed by atoms with Gasteiger partial charge in [-0.3, -0.25) is 4.79 Å². The monoisotopic (exact) mass is 312 g/mol. The summed E-state index contributed by atoms with van der Waals surface area (Å²) in [5.41, 5.74) is -1.43. The summed E-state index contributed by atoms with van der Waals surface area (Å²) in [7, 11) is 0. The lowest BCUT2D eigenvalue weighted by Crippen LogP contribution is -2.41. The normalized spacial score (nSPS) is 14.0. The Morgan fingerprint density at radius 2 is 1.45 bits per heavy atom. The van der Waals surface area contributed by atoms with Crippen LogP contribution < -0.4 is 0 Å². The zero-order valence-corrected chi connectivity index (χ0v) is 13.3. The van der Waals surface area contributed by atoms with Gasteiger partial charge in [0.25, 0.3) is 0 Å². The summed E-state index contributed by atoms with van der Waals surface area (Å²) >= 11 is 0. The van der Waals surface area contributed by atoms with Crippen molar-refractivity contribution in [3.8, 4) is 0 Å². The van der Waals surface area contributed by atoms with Crippen LogP contribution in [0.1, 0.15) is 40.0 Å². The molecule has 0 radical (unpaired) electrons. The van der Waals surface area contributed by atoms with Gasteiger partial charge in [0.1, 0.15) is 18.6 Å². The van der Waals surface area contributed by atoms with Crippen LogP contribution in [-0.4, -0.2) is 36.2 Å². The minimum atomic E-state index is -1.43. The zero-order chi connectivity index (χ0) is 17.0. The second kappa shape index (κ2) is 10.6. The first-order valence-electron chi connectivity index (χ1n) is 7.24. The molecule has 0 bridgehead atoms. The van der Waals surface area contributed by atoms with Crippen molar-refractivity contribution in [2.24, 2.45) is 5.41 Å². The lowest BCUT2D eigenvalue weighted by molar-refractivity contribution is -0.165. The molecule has 0 atom stereocenters. The van der Waals surface area contributed by atoms with Gasteiger partial charge in [0.2, 0.25) is 0 Å². The average molecular weight is 312 g/mol. The fraction of sp³-hybridized carbons (Fsp3) is 0.562. The van der Waals surface area contributed by atoms with E-state index in [-0.39, 0.29) is 19.6 Å². The summed E-state index contributed by atoms with van der Waals surface area (Å²) in [5.74, 6) is -2.39. The third-order valence-electron chi connectivity index (χ3n) is 3.05. The van der Waals surface area contributed by atoms with Crippen LogP contribution in [0.4, 0.5) is 0 Å². The Morgan fingerprint density at radius 3 is 1.77 bits per heavy atom. The molecule has 0 aliphatic rings. The quantitative estimate of drug-likeness (QED) is 0.492. The van der Waals surface area contributed by atoms with Crippen LogP contribution in [0.25, 0.3) is 0 Å². The summed E-state index contributed by atoms with van der Waals surface area (Å²) in [5, 5.41) is 9.52.